The van der Waals surface area contributed by atoms with Crippen LogP contribution in [0.2, 0.25) is 0 Å². The van der Waals surface area contributed by atoms with Gasteiger partial charge >= 0.3 is 6.09 Å². The fourth-order valence-electron chi connectivity index (χ4n) is 2.78. The van der Waals surface area contributed by atoms with Crippen molar-refractivity contribution in [3.63, 3.8) is 0 Å². The SMILES string of the molecule is CN(C(=O)OC(C)(C)C)[C@H]1COC2(CCNCC2)C1. The molecule has 0 aliphatic carbocycles. The van der Waals surface area contributed by atoms with Gasteiger partial charge in [0.2, 0.25) is 0 Å². The van der Waals surface area contributed by atoms with Crippen molar-refractivity contribution in [3.8, 4) is 0 Å². The van der Waals surface area contributed by atoms with Crippen LogP contribution >= 0.6 is 0 Å². The minimum atomic E-state index is -0.447. The molecule has 0 unspecified atom stereocenters. The lowest BCUT2D eigenvalue weighted by Gasteiger charge is -2.33. The molecule has 2 heterocycles. The normalized spacial score (nSPS) is 26.4. The van der Waals surface area contributed by atoms with Crippen molar-refractivity contribution in [2.24, 2.45) is 0 Å². The lowest BCUT2D eigenvalue weighted by Crippen LogP contribution is -2.44. The Labute approximate surface area is 115 Å². The van der Waals surface area contributed by atoms with Gasteiger partial charge in [-0.3, -0.25) is 0 Å². The Hall–Kier alpha value is -0.810. The minimum Gasteiger partial charge on any atom is -0.444 e. The Bertz CT molecular complexity index is 332. The summed E-state index contributed by atoms with van der Waals surface area (Å²) in [6.07, 6.45) is 2.73. The van der Waals surface area contributed by atoms with E-state index >= 15 is 0 Å². The van der Waals surface area contributed by atoms with Crippen LogP contribution in [0.4, 0.5) is 4.79 Å². The van der Waals surface area contributed by atoms with Crippen LogP contribution < -0.4 is 5.32 Å². The Morgan fingerprint density at radius 1 is 1.37 bits per heavy atom. The molecule has 1 N–H and O–H groups in total. The van der Waals surface area contributed by atoms with E-state index < -0.39 is 5.60 Å². The zero-order valence-electron chi connectivity index (χ0n) is 12.5. The van der Waals surface area contributed by atoms with E-state index in [0.717, 1.165) is 32.4 Å². The van der Waals surface area contributed by atoms with E-state index in [-0.39, 0.29) is 17.7 Å². The molecule has 0 aromatic carbocycles. The zero-order chi connectivity index (χ0) is 14.1. The average Bonchev–Trinajstić information content (AvgIpc) is 2.71. The molecular weight excluding hydrogens is 244 g/mol. The van der Waals surface area contributed by atoms with E-state index in [1.807, 2.05) is 27.8 Å². The molecule has 0 aromatic rings. The lowest BCUT2D eigenvalue weighted by atomic mass is 9.88. The summed E-state index contributed by atoms with van der Waals surface area (Å²) in [7, 11) is 1.81. The number of hydrogen-bond donors (Lipinski definition) is 1. The van der Waals surface area contributed by atoms with Crippen LogP contribution in [0.3, 0.4) is 0 Å². The quantitative estimate of drug-likeness (QED) is 0.789. The molecule has 0 saturated carbocycles. The van der Waals surface area contributed by atoms with E-state index in [1.54, 1.807) is 4.90 Å². The molecule has 1 atom stereocenters. The maximum Gasteiger partial charge on any atom is 0.410 e. The number of ether oxygens (including phenoxy) is 2. The van der Waals surface area contributed by atoms with E-state index in [2.05, 4.69) is 5.32 Å². The first-order chi connectivity index (χ1) is 8.81. The van der Waals surface area contributed by atoms with E-state index in [1.165, 1.54) is 0 Å². The number of carbonyl (C=O) groups is 1. The monoisotopic (exact) mass is 270 g/mol. The summed E-state index contributed by atoms with van der Waals surface area (Å²) in [4.78, 5) is 13.7. The molecule has 2 aliphatic heterocycles. The van der Waals surface area contributed by atoms with Gasteiger partial charge in [0.1, 0.15) is 5.60 Å². The Morgan fingerprint density at radius 2 is 2.00 bits per heavy atom. The van der Waals surface area contributed by atoms with Gasteiger partial charge < -0.3 is 19.7 Å². The van der Waals surface area contributed by atoms with Gasteiger partial charge in [-0.1, -0.05) is 0 Å². The second-order valence-electron chi connectivity index (χ2n) is 6.69. The largest absolute Gasteiger partial charge is 0.444 e. The Morgan fingerprint density at radius 3 is 2.58 bits per heavy atom. The standard InChI is InChI=1S/C14H26N2O3/c1-13(2,3)19-12(17)16(4)11-9-14(18-10-11)5-7-15-8-6-14/h11,15H,5-10H2,1-4H3/t11-/m1/s1. The number of amides is 1. The molecule has 2 fully saturated rings. The number of piperidine rings is 1. The molecular formula is C14H26N2O3. The molecule has 2 aliphatic rings. The van der Waals surface area contributed by atoms with E-state index in [9.17, 15) is 4.79 Å². The molecule has 2 rings (SSSR count). The summed E-state index contributed by atoms with van der Waals surface area (Å²) in [5, 5.41) is 3.35. The molecule has 0 radical (unpaired) electrons. The minimum absolute atomic E-state index is 0.0216. The zero-order valence-corrected chi connectivity index (χ0v) is 12.5. The Kier molecular flexibility index (Phi) is 4.06. The number of nitrogens with zero attached hydrogens (tertiary/aromatic N) is 1. The first kappa shape index (κ1) is 14.6. The highest BCUT2D eigenvalue weighted by Crippen LogP contribution is 2.35. The van der Waals surface area contributed by atoms with Crippen LogP contribution in [0.15, 0.2) is 0 Å². The third-order valence-corrected chi connectivity index (χ3v) is 3.93. The second-order valence-corrected chi connectivity index (χ2v) is 6.69. The predicted molar refractivity (Wildman–Crippen MR) is 73.2 cm³/mol. The van der Waals surface area contributed by atoms with Gasteiger partial charge in [0.25, 0.3) is 0 Å². The first-order valence-corrected chi connectivity index (χ1v) is 7.12. The second kappa shape index (κ2) is 5.29. The molecule has 1 amide bonds. The fraction of sp³-hybridized carbons (Fsp3) is 0.929. The lowest BCUT2D eigenvalue weighted by molar-refractivity contribution is -0.0206. The van der Waals surface area contributed by atoms with Crippen molar-refractivity contribution in [3.05, 3.63) is 0 Å². The molecule has 5 nitrogen and oxygen atoms in total. The van der Waals surface area contributed by atoms with Crippen LogP contribution in [-0.2, 0) is 9.47 Å². The topological polar surface area (TPSA) is 50.8 Å². The molecule has 1 spiro atoms. The fourth-order valence-corrected chi connectivity index (χ4v) is 2.78. The van der Waals surface area contributed by atoms with Crippen molar-refractivity contribution in [1.82, 2.24) is 10.2 Å². The summed E-state index contributed by atoms with van der Waals surface area (Å²) in [6, 6.07) is 0.132. The Balaban J connectivity index is 1.91. The predicted octanol–water partition coefficient (Wildman–Crippen LogP) is 1.76. The van der Waals surface area contributed by atoms with Crippen LogP contribution in [0.1, 0.15) is 40.0 Å². The summed E-state index contributed by atoms with van der Waals surface area (Å²) in [5.74, 6) is 0. The maximum absolute atomic E-state index is 12.1. The van der Waals surface area contributed by atoms with Gasteiger partial charge in [-0.15, -0.1) is 0 Å². The van der Waals surface area contributed by atoms with Crippen LogP contribution in [0.5, 0.6) is 0 Å². The molecule has 0 aromatic heterocycles. The molecule has 110 valence electrons. The van der Waals surface area contributed by atoms with Crippen LogP contribution in [0.25, 0.3) is 0 Å². The number of likely N-dealkylation sites (N-methyl/N-ethyl adjacent to an activating group) is 1. The summed E-state index contributed by atoms with van der Waals surface area (Å²) < 4.78 is 11.4. The van der Waals surface area contributed by atoms with Gasteiger partial charge in [-0.25, -0.2) is 4.79 Å². The van der Waals surface area contributed by atoms with Crippen LogP contribution in [0, 0.1) is 0 Å². The highest BCUT2D eigenvalue weighted by Gasteiger charge is 2.43. The van der Waals surface area contributed by atoms with Crippen molar-refractivity contribution >= 4 is 6.09 Å². The van der Waals surface area contributed by atoms with Crippen molar-refractivity contribution in [1.29, 1.82) is 0 Å². The average molecular weight is 270 g/mol. The number of carbonyl (C=O) groups excluding carboxylic acids is 1. The maximum atomic E-state index is 12.1. The highest BCUT2D eigenvalue weighted by atomic mass is 16.6. The van der Waals surface area contributed by atoms with Crippen molar-refractivity contribution < 1.29 is 14.3 Å². The summed E-state index contributed by atoms with van der Waals surface area (Å²) >= 11 is 0. The van der Waals surface area contributed by atoms with E-state index in [0.29, 0.717) is 6.61 Å². The third-order valence-electron chi connectivity index (χ3n) is 3.93. The third kappa shape index (κ3) is 3.60. The molecule has 0 bridgehead atoms. The van der Waals surface area contributed by atoms with Gasteiger partial charge in [0.05, 0.1) is 18.2 Å². The number of nitrogens with one attached hydrogen (secondary N) is 1. The van der Waals surface area contributed by atoms with Gasteiger partial charge in [-0.05, 0) is 53.1 Å². The number of rotatable bonds is 1. The van der Waals surface area contributed by atoms with Gasteiger partial charge in [0.15, 0.2) is 0 Å². The number of hydrogen-bond acceptors (Lipinski definition) is 4. The molecule has 2 saturated heterocycles. The smallest absolute Gasteiger partial charge is 0.410 e. The van der Waals surface area contributed by atoms with Crippen LogP contribution in [-0.4, -0.2) is 55.0 Å². The first-order valence-electron chi connectivity index (χ1n) is 7.12. The molecule has 5 heteroatoms. The van der Waals surface area contributed by atoms with Gasteiger partial charge in [-0.2, -0.15) is 0 Å². The van der Waals surface area contributed by atoms with Gasteiger partial charge in [0, 0.05) is 7.05 Å². The summed E-state index contributed by atoms with van der Waals surface area (Å²) in [5.41, 5.74) is -0.469. The van der Waals surface area contributed by atoms with Crippen molar-refractivity contribution in [2.75, 3.05) is 26.7 Å². The summed E-state index contributed by atoms with van der Waals surface area (Å²) in [6.45, 7) is 8.29. The molecule has 19 heavy (non-hydrogen) atoms. The van der Waals surface area contributed by atoms with Crippen molar-refractivity contribution in [2.45, 2.75) is 57.3 Å². The van der Waals surface area contributed by atoms with E-state index in [4.69, 9.17) is 9.47 Å². The highest BCUT2D eigenvalue weighted by molar-refractivity contribution is 5.68.